The maximum Gasteiger partial charge on any atom is 0 e. The SMILES string of the molecule is [Ir].[Ru].[Ta].[Ti]. The van der Waals surface area contributed by atoms with Crippen LogP contribution in [0.4, 0.5) is 0 Å². The van der Waals surface area contributed by atoms with Crippen LogP contribution in [0.1, 0.15) is 0 Å². The Morgan fingerprint density at radius 3 is 1.00 bits per heavy atom. The molecule has 0 amide bonds. The predicted molar refractivity (Wildman–Crippen MR) is 0 cm³/mol. The zero-order chi connectivity index (χ0) is 0. The van der Waals surface area contributed by atoms with Gasteiger partial charge in [-0.05, 0) is 0 Å². The molecule has 0 rings (SSSR count). The van der Waals surface area contributed by atoms with Crippen LogP contribution in [0.3, 0.4) is 0 Å². The van der Waals surface area contributed by atoms with Gasteiger partial charge < -0.3 is 0 Å². The van der Waals surface area contributed by atoms with E-state index in [4.69, 9.17) is 0 Å². The predicted octanol–water partition coefficient (Wildman–Crippen LogP) is -0.0100. The van der Waals surface area contributed by atoms with Gasteiger partial charge in [-0.3, -0.25) is 0 Å². The molecule has 0 atom stereocenters. The van der Waals surface area contributed by atoms with Crippen molar-refractivity contribution in [3.05, 3.63) is 0 Å². The van der Waals surface area contributed by atoms with E-state index in [0.29, 0.717) is 0 Å². The summed E-state index contributed by atoms with van der Waals surface area (Å²) in [5.41, 5.74) is 0. The maximum absolute atomic E-state index is 0. The van der Waals surface area contributed by atoms with Crippen molar-refractivity contribution in [2.45, 2.75) is 0 Å². The van der Waals surface area contributed by atoms with Gasteiger partial charge in [-0.1, -0.05) is 0 Å². The molecule has 4 heteroatoms. The number of hydrogen-bond acceptors (Lipinski definition) is 0. The topological polar surface area (TPSA) is 0 Å². The summed E-state index contributed by atoms with van der Waals surface area (Å²) in [6.45, 7) is 0. The Labute approximate surface area is 82.4 Å². The van der Waals surface area contributed by atoms with E-state index in [0.717, 1.165) is 0 Å². The summed E-state index contributed by atoms with van der Waals surface area (Å²) in [4.78, 5) is 0. The van der Waals surface area contributed by atoms with Gasteiger partial charge in [0.15, 0.2) is 0 Å². The molecular weight excluding hydrogens is 522 g/mol. The molecule has 0 N–H and O–H groups in total. The van der Waals surface area contributed by atoms with Crippen molar-refractivity contribution in [2.24, 2.45) is 0 Å². The largest absolute Gasteiger partial charge is 0 e. The van der Waals surface area contributed by atoms with Crippen LogP contribution in [0, 0.1) is 0 Å². The smallest absolute Gasteiger partial charge is 0 e. The minimum atomic E-state index is 0. The molecule has 2 radical (unpaired) electrons. The number of rotatable bonds is 0. The summed E-state index contributed by atoms with van der Waals surface area (Å²) in [5, 5.41) is 0. The summed E-state index contributed by atoms with van der Waals surface area (Å²) in [7, 11) is 0. The van der Waals surface area contributed by atoms with Crippen molar-refractivity contribution in [1.29, 1.82) is 0 Å². The first-order chi connectivity index (χ1) is 0. The average Bonchev–Trinajstić information content (AvgIpc) is 0. The molecule has 0 saturated carbocycles. The van der Waals surface area contributed by atoms with Crippen molar-refractivity contribution >= 4 is 0 Å². The monoisotopic (exact) mass is 524 g/mol. The standard InChI is InChI=1S/Ir.Ru.Ta.Ti. The first-order valence-corrected chi connectivity index (χ1v) is 0. The second-order valence-corrected chi connectivity index (χ2v) is 0. The minimum Gasteiger partial charge on any atom is 0 e. The van der Waals surface area contributed by atoms with Gasteiger partial charge in [0, 0.05) is 83.7 Å². The van der Waals surface area contributed by atoms with E-state index in [2.05, 4.69) is 0 Å². The summed E-state index contributed by atoms with van der Waals surface area (Å²) >= 11 is 0. The van der Waals surface area contributed by atoms with Crippen LogP contribution in [-0.4, -0.2) is 0 Å². The zero-order valence-electron chi connectivity index (χ0n) is 1.63. The fourth-order valence-electron chi connectivity index (χ4n) is 0. The van der Waals surface area contributed by atoms with Crippen molar-refractivity contribution in [1.82, 2.24) is 0 Å². The van der Waals surface area contributed by atoms with E-state index in [9.17, 15) is 0 Å². The van der Waals surface area contributed by atoms with E-state index >= 15 is 0 Å². The van der Waals surface area contributed by atoms with Crippen LogP contribution in [0.5, 0.6) is 0 Å². The molecule has 0 aromatic rings. The third-order valence-corrected chi connectivity index (χ3v) is 0. The Hall–Kier alpha value is 2.73. The molecule has 0 spiro atoms. The van der Waals surface area contributed by atoms with E-state index < -0.39 is 0 Å². The zero-order valence-corrected chi connectivity index (χ0v) is 10.5. The molecule has 0 nitrogen and oxygen atoms in total. The van der Waals surface area contributed by atoms with Crippen LogP contribution in [-0.2, 0) is 83.7 Å². The van der Waals surface area contributed by atoms with E-state index in [1.807, 2.05) is 0 Å². The second-order valence-electron chi connectivity index (χ2n) is 0. The third kappa shape index (κ3) is 8.83. The Bertz CT molecular complexity index is 8.00. The third-order valence-electron chi connectivity index (χ3n) is 0. The molecule has 0 aromatic heterocycles. The molecule has 4 heavy (non-hydrogen) atoms. The molecule has 0 bridgehead atoms. The molecule has 26 valence electrons. The van der Waals surface area contributed by atoms with Gasteiger partial charge in [-0.15, -0.1) is 0 Å². The molecule has 0 aliphatic rings. The summed E-state index contributed by atoms with van der Waals surface area (Å²) in [6.07, 6.45) is 0. The van der Waals surface area contributed by atoms with E-state index in [-0.39, 0.29) is 83.7 Å². The quantitative estimate of drug-likeness (QED) is 0.393. The number of hydrogen-bond donors (Lipinski definition) is 0. The van der Waals surface area contributed by atoms with Crippen molar-refractivity contribution in [2.75, 3.05) is 0 Å². The molecular formula is IrRuTaTi. The van der Waals surface area contributed by atoms with Gasteiger partial charge in [-0.25, -0.2) is 0 Å². The molecule has 0 saturated heterocycles. The van der Waals surface area contributed by atoms with Gasteiger partial charge in [0.05, 0.1) is 0 Å². The Morgan fingerprint density at radius 2 is 1.00 bits per heavy atom. The molecule has 0 aliphatic heterocycles. The fraction of sp³-hybridized carbons (Fsp3) is 0. The van der Waals surface area contributed by atoms with Crippen LogP contribution < -0.4 is 0 Å². The van der Waals surface area contributed by atoms with Crippen LogP contribution >= 0.6 is 0 Å². The van der Waals surface area contributed by atoms with Crippen LogP contribution in [0.25, 0.3) is 0 Å². The van der Waals surface area contributed by atoms with Gasteiger partial charge in [0.25, 0.3) is 0 Å². The molecule has 0 aliphatic carbocycles. The molecule has 0 aromatic carbocycles. The summed E-state index contributed by atoms with van der Waals surface area (Å²) in [6, 6.07) is 0. The van der Waals surface area contributed by atoms with Crippen molar-refractivity contribution < 1.29 is 83.7 Å². The maximum atomic E-state index is 0. The first-order valence-electron chi connectivity index (χ1n) is 0. The summed E-state index contributed by atoms with van der Waals surface area (Å²) < 4.78 is 0. The van der Waals surface area contributed by atoms with E-state index in [1.165, 1.54) is 0 Å². The fourth-order valence-corrected chi connectivity index (χ4v) is 0. The summed E-state index contributed by atoms with van der Waals surface area (Å²) in [5.74, 6) is 0. The van der Waals surface area contributed by atoms with Gasteiger partial charge in [0.2, 0.25) is 0 Å². The Kier molecular flexibility index (Phi) is 128. The van der Waals surface area contributed by atoms with Gasteiger partial charge in [0.1, 0.15) is 0 Å². The Morgan fingerprint density at radius 1 is 1.00 bits per heavy atom. The molecule has 0 heterocycles. The van der Waals surface area contributed by atoms with Gasteiger partial charge in [-0.2, -0.15) is 0 Å². The normalized spacial score (nSPS) is 0. The van der Waals surface area contributed by atoms with E-state index in [1.54, 1.807) is 0 Å². The molecule has 0 unspecified atom stereocenters. The minimum absolute atomic E-state index is 0. The Balaban J connectivity index is 0. The first kappa shape index (κ1) is 29.7. The van der Waals surface area contributed by atoms with Crippen molar-refractivity contribution in [3.63, 3.8) is 0 Å². The van der Waals surface area contributed by atoms with Crippen LogP contribution in [0.15, 0.2) is 0 Å². The molecule has 0 fully saturated rings. The second kappa shape index (κ2) is 17.2. The van der Waals surface area contributed by atoms with Crippen LogP contribution in [0.2, 0.25) is 0 Å². The average molecular weight is 522 g/mol. The van der Waals surface area contributed by atoms with Gasteiger partial charge >= 0.3 is 0 Å². The van der Waals surface area contributed by atoms with Crippen molar-refractivity contribution in [3.8, 4) is 0 Å².